The van der Waals surface area contributed by atoms with Crippen molar-refractivity contribution in [1.82, 2.24) is 5.32 Å². The predicted octanol–water partition coefficient (Wildman–Crippen LogP) is 2.70. The zero-order valence-corrected chi connectivity index (χ0v) is 16.2. The number of benzene rings is 2. The molecule has 0 saturated carbocycles. The van der Waals surface area contributed by atoms with Gasteiger partial charge < -0.3 is 24.3 Å². The highest BCUT2D eigenvalue weighted by Gasteiger charge is 2.16. The third-order valence-electron chi connectivity index (χ3n) is 3.83. The molecular weight excluding hydrogens is 418 g/mol. The summed E-state index contributed by atoms with van der Waals surface area (Å²) >= 11 is 3.42. The Hall–Kier alpha value is -2.74. The lowest BCUT2D eigenvalue weighted by Gasteiger charge is -2.19. The van der Waals surface area contributed by atoms with Gasteiger partial charge in [-0.05, 0) is 30.3 Å². The summed E-state index contributed by atoms with van der Waals surface area (Å²) in [5.74, 6) is 0.892. The number of hydrogen-bond acceptors (Lipinski definition) is 6. The maximum atomic E-state index is 12.1. The van der Waals surface area contributed by atoms with Crippen LogP contribution < -0.4 is 19.5 Å². The molecule has 0 bridgehead atoms. The van der Waals surface area contributed by atoms with E-state index in [0.29, 0.717) is 36.0 Å². The van der Waals surface area contributed by atoms with E-state index in [9.17, 15) is 9.59 Å². The lowest BCUT2D eigenvalue weighted by atomic mass is 10.2. The van der Waals surface area contributed by atoms with Gasteiger partial charge in [-0.3, -0.25) is 9.59 Å². The van der Waals surface area contributed by atoms with Gasteiger partial charge in [0.2, 0.25) is 0 Å². The van der Waals surface area contributed by atoms with Crippen molar-refractivity contribution in [1.29, 1.82) is 0 Å². The highest BCUT2D eigenvalue weighted by atomic mass is 79.9. The van der Waals surface area contributed by atoms with Crippen LogP contribution >= 0.6 is 15.9 Å². The molecule has 1 heterocycles. The maximum absolute atomic E-state index is 12.1. The van der Waals surface area contributed by atoms with E-state index in [1.54, 1.807) is 36.4 Å². The molecule has 1 N–H and O–H groups in total. The molecule has 0 aromatic heterocycles. The van der Waals surface area contributed by atoms with Gasteiger partial charge in [0.1, 0.15) is 32.1 Å². The third kappa shape index (κ3) is 4.91. The molecule has 142 valence electrons. The van der Waals surface area contributed by atoms with E-state index >= 15 is 0 Å². The van der Waals surface area contributed by atoms with Crippen molar-refractivity contribution < 1.29 is 28.5 Å². The van der Waals surface area contributed by atoms with Crippen molar-refractivity contribution >= 4 is 27.8 Å². The molecule has 1 amide bonds. The molecular formula is C19H18BrNO6. The molecule has 0 unspecified atom stereocenters. The molecule has 3 rings (SSSR count). The first-order valence-electron chi connectivity index (χ1n) is 8.22. The summed E-state index contributed by atoms with van der Waals surface area (Å²) in [7, 11) is 1.52. The summed E-state index contributed by atoms with van der Waals surface area (Å²) in [5, 5.41) is 2.53. The smallest absolute Gasteiger partial charge is 0.325 e. The van der Waals surface area contributed by atoms with Gasteiger partial charge in [0.05, 0.1) is 7.11 Å². The Balaban J connectivity index is 1.52. The Kier molecular flexibility index (Phi) is 6.18. The van der Waals surface area contributed by atoms with Crippen molar-refractivity contribution in [3.63, 3.8) is 0 Å². The molecule has 0 radical (unpaired) electrons. The Morgan fingerprint density at radius 3 is 2.63 bits per heavy atom. The van der Waals surface area contributed by atoms with Crippen LogP contribution in [0.15, 0.2) is 40.9 Å². The van der Waals surface area contributed by atoms with E-state index in [2.05, 4.69) is 21.2 Å². The van der Waals surface area contributed by atoms with Gasteiger partial charge in [-0.25, -0.2) is 0 Å². The molecule has 2 aromatic carbocycles. The number of amides is 1. The van der Waals surface area contributed by atoms with Crippen molar-refractivity contribution in [2.75, 3.05) is 26.9 Å². The molecule has 1 aliphatic rings. The first-order valence-corrected chi connectivity index (χ1v) is 9.02. The zero-order chi connectivity index (χ0) is 19.2. The minimum absolute atomic E-state index is 0.0467. The molecule has 27 heavy (non-hydrogen) atoms. The maximum Gasteiger partial charge on any atom is 0.325 e. The molecule has 7 nitrogen and oxygen atoms in total. The molecule has 0 spiro atoms. The number of ether oxygens (including phenoxy) is 4. The SMILES string of the molecule is COc1cccc(C(=O)NCC(=O)OCc2cc3c(cc2Br)OCCO3)c1. The van der Waals surface area contributed by atoms with Gasteiger partial charge in [-0.2, -0.15) is 0 Å². The number of esters is 1. The van der Waals surface area contributed by atoms with E-state index in [-0.39, 0.29) is 19.1 Å². The normalized spacial score (nSPS) is 12.2. The zero-order valence-electron chi connectivity index (χ0n) is 14.6. The minimum Gasteiger partial charge on any atom is -0.497 e. The minimum atomic E-state index is -0.548. The molecule has 0 saturated heterocycles. The standard InChI is InChI=1S/C19H18BrNO6/c1-24-14-4-2-3-12(7-14)19(23)21-10-18(22)27-11-13-8-16-17(9-15(13)20)26-6-5-25-16/h2-4,7-9H,5-6,10-11H2,1H3,(H,21,23). The van der Waals surface area contributed by atoms with Crippen molar-refractivity contribution in [3.05, 3.63) is 52.0 Å². The van der Waals surface area contributed by atoms with Crippen LogP contribution in [-0.4, -0.2) is 38.7 Å². The number of fused-ring (bicyclic) bond motifs is 1. The van der Waals surface area contributed by atoms with Crippen LogP contribution in [-0.2, 0) is 16.1 Å². The van der Waals surface area contributed by atoms with Gasteiger partial charge in [0, 0.05) is 15.6 Å². The average molecular weight is 436 g/mol. The number of carbonyl (C=O) groups is 2. The third-order valence-corrected chi connectivity index (χ3v) is 4.56. The summed E-state index contributed by atoms with van der Waals surface area (Å²) < 4.78 is 22.1. The number of halogens is 1. The Bertz CT molecular complexity index is 854. The highest BCUT2D eigenvalue weighted by Crippen LogP contribution is 2.35. The number of nitrogens with one attached hydrogen (secondary N) is 1. The molecule has 1 aliphatic heterocycles. The summed E-state index contributed by atoms with van der Waals surface area (Å²) in [6, 6.07) is 10.2. The Morgan fingerprint density at radius 2 is 1.89 bits per heavy atom. The van der Waals surface area contributed by atoms with Crippen LogP contribution in [0.1, 0.15) is 15.9 Å². The summed E-state index contributed by atoms with van der Waals surface area (Å²) in [5.41, 5.74) is 1.14. The largest absolute Gasteiger partial charge is 0.497 e. The quantitative estimate of drug-likeness (QED) is 0.702. The lowest BCUT2D eigenvalue weighted by Crippen LogP contribution is -2.30. The van der Waals surface area contributed by atoms with Crippen molar-refractivity contribution in [2.45, 2.75) is 6.61 Å². The van der Waals surface area contributed by atoms with Crippen LogP contribution in [0.4, 0.5) is 0 Å². The number of rotatable bonds is 6. The van der Waals surface area contributed by atoms with Gasteiger partial charge in [0.15, 0.2) is 11.5 Å². The van der Waals surface area contributed by atoms with Crippen LogP contribution in [0, 0.1) is 0 Å². The van der Waals surface area contributed by atoms with Gasteiger partial charge >= 0.3 is 5.97 Å². The van der Waals surface area contributed by atoms with Gasteiger partial charge in [0.25, 0.3) is 5.91 Å². The van der Waals surface area contributed by atoms with E-state index in [0.717, 1.165) is 10.0 Å². The number of methoxy groups -OCH3 is 1. The second-order valence-electron chi connectivity index (χ2n) is 5.66. The fourth-order valence-corrected chi connectivity index (χ4v) is 2.88. The Labute approximate surface area is 164 Å². The van der Waals surface area contributed by atoms with E-state index in [4.69, 9.17) is 18.9 Å². The number of carbonyl (C=O) groups excluding carboxylic acids is 2. The second kappa shape index (κ2) is 8.77. The summed E-state index contributed by atoms with van der Waals surface area (Å²) in [6.07, 6.45) is 0. The topological polar surface area (TPSA) is 83.1 Å². The number of hydrogen-bond donors (Lipinski definition) is 1. The molecule has 2 aromatic rings. The van der Waals surface area contributed by atoms with Crippen LogP contribution in [0.2, 0.25) is 0 Å². The van der Waals surface area contributed by atoms with Crippen molar-refractivity contribution in [2.24, 2.45) is 0 Å². The van der Waals surface area contributed by atoms with Crippen LogP contribution in [0.5, 0.6) is 17.2 Å². The monoisotopic (exact) mass is 435 g/mol. The van der Waals surface area contributed by atoms with Crippen LogP contribution in [0.25, 0.3) is 0 Å². The molecule has 0 aliphatic carbocycles. The van der Waals surface area contributed by atoms with E-state index in [1.807, 2.05) is 0 Å². The lowest BCUT2D eigenvalue weighted by molar-refractivity contribution is -0.143. The van der Waals surface area contributed by atoms with Gasteiger partial charge in [-0.1, -0.05) is 22.0 Å². The average Bonchev–Trinajstić information content (AvgIpc) is 2.70. The summed E-state index contributed by atoms with van der Waals surface area (Å²) in [6.45, 7) is 0.786. The van der Waals surface area contributed by atoms with E-state index in [1.165, 1.54) is 7.11 Å². The molecule has 0 atom stereocenters. The second-order valence-corrected chi connectivity index (χ2v) is 6.52. The predicted molar refractivity (Wildman–Crippen MR) is 100 cm³/mol. The Morgan fingerprint density at radius 1 is 1.15 bits per heavy atom. The first kappa shape index (κ1) is 19.0. The van der Waals surface area contributed by atoms with Crippen molar-refractivity contribution in [3.8, 4) is 17.2 Å². The fourth-order valence-electron chi connectivity index (χ4n) is 2.44. The first-order chi connectivity index (χ1) is 13.1. The molecule has 0 fully saturated rings. The van der Waals surface area contributed by atoms with E-state index < -0.39 is 5.97 Å². The van der Waals surface area contributed by atoms with Crippen LogP contribution in [0.3, 0.4) is 0 Å². The highest BCUT2D eigenvalue weighted by molar-refractivity contribution is 9.10. The van der Waals surface area contributed by atoms with Gasteiger partial charge in [-0.15, -0.1) is 0 Å². The molecule has 8 heteroatoms. The summed E-state index contributed by atoms with van der Waals surface area (Å²) in [4.78, 5) is 24.0. The fraction of sp³-hybridized carbons (Fsp3) is 0.263.